The smallest absolute Gasteiger partial charge is 0.248 e. The maximum Gasteiger partial charge on any atom is 0.248 e. The molecule has 3 N–H and O–H groups in total. The highest BCUT2D eigenvalue weighted by Gasteiger charge is 2.36. The van der Waals surface area contributed by atoms with Gasteiger partial charge in [-0.2, -0.15) is 0 Å². The number of H-pyrrole nitrogens is 1. The van der Waals surface area contributed by atoms with E-state index >= 15 is 4.39 Å². The number of aromatic nitrogens is 1. The number of carbonyl (C=O) groups excluding carboxylic acids is 3. The number of para-hydroxylation sites is 1. The van der Waals surface area contributed by atoms with E-state index < -0.39 is 17.8 Å². The van der Waals surface area contributed by atoms with Crippen molar-refractivity contribution in [2.24, 2.45) is 0 Å². The molecular weight excluding hydrogens is 507 g/mol. The van der Waals surface area contributed by atoms with Gasteiger partial charge in [-0.15, -0.1) is 0 Å². The fourth-order valence-corrected chi connectivity index (χ4v) is 5.49. The van der Waals surface area contributed by atoms with Crippen molar-refractivity contribution in [3.8, 4) is 0 Å². The fourth-order valence-electron chi connectivity index (χ4n) is 5.49. The van der Waals surface area contributed by atoms with Gasteiger partial charge in [-0.3, -0.25) is 19.3 Å². The second-order valence-corrected chi connectivity index (χ2v) is 10.3. The van der Waals surface area contributed by atoms with Crippen LogP contribution in [0.2, 0.25) is 0 Å². The molecule has 0 bridgehead atoms. The van der Waals surface area contributed by atoms with E-state index in [2.05, 4.69) is 15.6 Å². The lowest BCUT2D eigenvalue weighted by molar-refractivity contribution is -0.127. The molecule has 8 heteroatoms. The second-order valence-electron chi connectivity index (χ2n) is 10.3. The summed E-state index contributed by atoms with van der Waals surface area (Å²) in [6.07, 6.45) is 6.65. The van der Waals surface area contributed by atoms with Crippen LogP contribution in [0.5, 0.6) is 0 Å². The van der Waals surface area contributed by atoms with Crippen LogP contribution in [-0.4, -0.2) is 28.7 Å². The first-order valence-corrected chi connectivity index (χ1v) is 13.7. The summed E-state index contributed by atoms with van der Waals surface area (Å²) >= 11 is 0. The number of halogens is 1. The van der Waals surface area contributed by atoms with Crippen molar-refractivity contribution in [3.63, 3.8) is 0 Å². The maximum atomic E-state index is 15.3. The summed E-state index contributed by atoms with van der Waals surface area (Å²) in [6, 6.07) is 19.2. The molecule has 0 radical (unpaired) electrons. The van der Waals surface area contributed by atoms with E-state index in [-0.39, 0.29) is 29.8 Å². The van der Waals surface area contributed by atoms with Gasteiger partial charge in [0.25, 0.3) is 0 Å². The van der Waals surface area contributed by atoms with Gasteiger partial charge in [0.05, 0.1) is 6.42 Å². The summed E-state index contributed by atoms with van der Waals surface area (Å²) in [6.45, 7) is 1.41. The van der Waals surface area contributed by atoms with E-state index in [9.17, 15) is 14.4 Å². The van der Waals surface area contributed by atoms with Crippen LogP contribution in [0.1, 0.15) is 56.2 Å². The van der Waals surface area contributed by atoms with Crippen LogP contribution in [0.15, 0.2) is 79.0 Å². The molecule has 1 aliphatic carbocycles. The summed E-state index contributed by atoms with van der Waals surface area (Å²) in [4.78, 5) is 44.3. The van der Waals surface area contributed by atoms with E-state index in [1.165, 1.54) is 17.9 Å². The Morgan fingerprint density at radius 3 is 2.38 bits per heavy atom. The van der Waals surface area contributed by atoms with Crippen LogP contribution in [0.25, 0.3) is 10.9 Å². The van der Waals surface area contributed by atoms with Crippen LogP contribution in [0.4, 0.5) is 15.8 Å². The number of nitrogens with one attached hydrogen (secondary N) is 3. The zero-order valence-corrected chi connectivity index (χ0v) is 22.5. The molecule has 1 atom stereocenters. The van der Waals surface area contributed by atoms with E-state index in [4.69, 9.17) is 0 Å². The third kappa shape index (κ3) is 6.06. The van der Waals surface area contributed by atoms with Crippen molar-refractivity contribution < 1.29 is 18.8 Å². The Kier molecular flexibility index (Phi) is 8.24. The number of hydrogen-bond donors (Lipinski definition) is 3. The van der Waals surface area contributed by atoms with Crippen molar-refractivity contribution in [3.05, 3.63) is 95.9 Å². The van der Waals surface area contributed by atoms with E-state index in [0.717, 1.165) is 48.6 Å². The van der Waals surface area contributed by atoms with Gasteiger partial charge in [0.15, 0.2) is 0 Å². The number of hydrogen-bond acceptors (Lipinski definition) is 3. The summed E-state index contributed by atoms with van der Waals surface area (Å²) in [7, 11) is 0. The van der Waals surface area contributed by atoms with E-state index in [1.807, 2.05) is 24.3 Å². The average molecular weight is 541 g/mol. The lowest BCUT2D eigenvalue weighted by atomic mass is 9.94. The zero-order valence-electron chi connectivity index (χ0n) is 22.5. The molecular formula is C32H33FN4O3. The summed E-state index contributed by atoms with van der Waals surface area (Å²) < 4.78 is 15.3. The number of benzene rings is 3. The maximum absolute atomic E-state index is 15.3. The predicted octanol–water partition coefficient (Wildman–Crippen LogP) is 6.03. The Balaban J connectivity index is 1.57. The van der Waals surface area contributed by atoms with Gasteiger partial charge in [0, 0.05) is 47.0 Å². The van der Waals surface area contributed by atoms with Crippen molar-refractivity contribution in [1.82, 2.24) is 10.3 Å². The molecule has 1 saturated carbocycles. The third-order valence-electron chi connectivity index (χ3n) is 7.41. The first-order chi connectivity index (χ1) is 19.4. The number of fused-ring (bicyclic) bond motifs is 1. The topological polar surface area (TPSA) is 94.3 Å². The van der Waals surface area contributed by atoms with Crippen molar-refractivity contribution in [2.45, 2.75) is 57.5 Å². The molecule has 1 fully saturated rings. The fraction of sp³-hybridized carbons (Fsp3) is 0.281. The van der Waals surface area contributed by atoms with Gasteiger partial charge in [0.2, 0.25) is 17.7 Å². The van der Waals surface area contributed by atoms with Crippen LogP contribution in [-0.2, 0) is 20.8 Å². The van der Waals surface area contributed by atoms with Crippen LogP contribution >= 0.6 is 0 Å². The Morgan fingerprint density at radius 1 is 0.950 bits per heavy atom. The van der Waals surface area contributed by atoms with Crippen molar-refractivity contribution in [1.29, 1.82) is 0 Å². The number of nitrogens with zero attached hydrogens (tertiary/aromatic N) is 1. The third-order valence-corrected chi connectivity index (χ3v) is 7.41. The summed E-state index contributed by atoms with van der Waals surface area (Å²) in [5.41, 5.74) is 2.77. The quantitative estimate of drug-likeness (QED) is 0.255. The molecule has 4 aromatic rings. The SMILES string of the molecule is CC(=O)Nc1ccc(N(C(=O)Cc2c[nH]c3ccccc23)[C@H](C(=O)NC2CCCCC2)c2ccccc2F)cc1. The highest BCUT2D eigenvalue weighted by atomic mass is 19.1. The van der Waals surface area contributed by atoms with Gasteiger partial charge < -0.3 is 15.6 Å². The van der Waals surface area contributed by atoms with Crippen molar-refractivity contribution >= 4 is 40.0 Å². The molecule has 5 rings (SSSR count). The highest BCUT2D eigenvalue weighted by Crippen LogP contribution is 2.32. The molecule has 1 aromatic heterocycles. The molecule has 40 heavy (non-hydrogen) atoms. The Bertz CT molecular complexity index is 1510. The molecule has 7 nitrogen and oxygen atoms in total. The summed E-state index contributed by atoms with van der Waals surface area (Å²) in [5.74, 6) is -1.57. The number of rotatable bonds is 8. The normalized spacial score (nSPS) is 14.4. The van der Waals surface area contributed by atoms with Crippen molar-refractivity contribution in [2.75, 3.05) is 10.2 Å². The Hall–Kier alpha value is -4.46. The van der Waals surface area contributed by atoms with E-state index in [1.54, 1.807) is 48.7 Å². The van der Waals surface area contributed by atoms with Gasteiger partial charge in [-0.25, -0.2) is 4.39 Å². The number of amides is 3. The molecule has 206 valence electrons. The lowest BCUT2D eigenvalue weighted by Crippen LogP contribution is -2.48. The molecule has 0 spiro atoms. The molecule has 0 unspecified atom stereocenters. The molecule has 0 saturated heterocycles. The first kappa shape index (κ1) is 27.1. The molecule has 3 aromatic carbocycles. The first-order valence-electron chi connectivity index (χ1n) is 13.7. The number of aromatic amines is 1. The minimum atomic E-state index is -1.23. The van der Waals surface area contributed by atoms with Gasteiger partial charge >= 0.3 is 0 Å². The Morgan fingerprint density at radius 2 is 1.65 bits per heavy atom. The van der Waals surface area contributed by atoms with Gasteiger partial charge in [-0.1, -0.05) is 55.7 Å². The largest absolute Gasteiger partial charge is 0.361 e. The summed E-state index contributed by atoms with van der Waals surface area (Å²) in [5, 5.41) is 6.74. The zero-order chi connectivity index (χ0) is 28.1. The minimum absolute atomic E-state index is 0.000871. The standard InChI is InChI=1S/C32H33FN4O3/c1-21(38)35-24-15-17-25(18-16-24)37(30(39)19-22-20-34-29-14-8-6-11-26(22)29)31(27-12-5-7-13-28(27)33)32(40)36-23-9-3-2-4-10-23/h5-8,11-18,20,23,31,34H,2-4,9-10,19H2,1H3,(H,35,38)(H,36,40)/t31-/m0/s1. The number of carbonyl (C=O) groups is 3. The number of anilines is 2. The monoisotopic (exact) mass is 540 g/mol. The lowest BCUT2D eigenvalue weighted by Gasteiger charge is -2.33. The van der Waals surface area contributed by atoms with Crippen LogP contribution < -0.4 is 15.5 Å². The van der Waals surface area contributed by atoms with Gasteiger partial charge in [-0.05, 0) is 54.8 Å². The minimum Gasteiger partial charge on any atom is -0.361 e. The van der Waals surface area contributed by atoms with E-state index in [0.29, 0.717) is 11.4 Å². The van der Waals surface area contributed by atoms with Gasteiger partial charge in [0.1, 0.15) is 11.9 Å². The molecule has 0 aliphatic heterocycles. The molecule has 3 amide bonds. The average Bonchev–Trinajstić information content (AvgIpc) is 3.35. The second kappa shape index (κ2) is 12.2. The predicted molar refractivity (Wildman–Crippen MR) is 154 cm³/mol. The molecule has 1 heterocycles. The van der Waals surface area contributed by atoms with Crippen LogP contribution in [0, 0.1) is 5.82 Å². The Labute approximate surface area is 232 Å². The van der Waals surface area contributed by atoms with Crippen LogP contribution in [0.3, 0.4) is 0 Å². The molecule has 1 aliphatic rings. The highest BCUT2D eigenvalue weighted by molar-refractivity contribution is 6.03.